The normalized spacial score (nSPS) is 14.6. The number of halogens is 1. The molecule has 0 saturated carbocycles. The molecule has 5 aromatic rings. The van der Waals surface area contributed by atoms with Gasteiger partial charge in [-0.25, -0.2) is 0 Å². The van der Waals surface area contributed by atoms with Crippen molar-refractivity contribution in [2.24, 2.45) is 0 Å². The van der Waals surface area contributed by atoms with Crippen LogP contribution in [-0.2, 0) is 6.54 Å². The van der Waals surface area contributed by atoms with E-state index in [0.29, 0.717) is 10.5 Å². The third-order valence-electron chi connectivity index (χ3n) is 6.60. The van der Waals surface area contributed by atoms with Gasteiger partial charge in [-0.2, -0.15) is 5.10 Å². The number of aromatic nitrogens is 4. The molecule has 0 bridgehead atoms. The van der Waals surface area contributed by atoms with Crippen molar-refractivity contribution in [2.75, 3.05) is 19.6 Å². The highest BCUT2D eigenvalue weighted by Gasteiger charge is 2.13. The van der Waals surface area contributed by atoms with E-state index < -0.39 is 0 Å². The molecule has 0 amide bonds. The molecule has 0 spiro atoms. The fourth-order valence-electron chi connectivity index (χ4n) is 4.82. The molecule has 2 aromatic carbocycles. The maximum absolute atomic E-state index is 8.86. The van der Waals surface area contributed by atoms with E-state index in [0.717, 1.165) is 51.8 Å². The van der Waals surface area contributed by atoms with E-state index >= 15 is 0 Å². The Balaban J connectivity index is 1.33. The first-order valence-corrected chi connectivity index (χ1v) is 11.8. The number of aromatic amines is 1. The summed E-state index contributed by atoms with van der Waals surface area (Å²) in [7, 11) is 0. The number of pyridine rings is 1. The van der Waals surface area contributed by atoms with Crippen molar-refractivity contribution < 1.29 is 0 Å². The Hall–Kier alpha value is -3.35. The van der Waals surface area contributed by atoms with Crippen molar-refractivity contribution in [1.82, 2.24) is 24.2 Å². The summed E-state index contributed by atoms with van der Waals surface area (Å²) >= 11 is 6.17. The molecule has 1 aliphatic rings. The number of likely N-dealkylation sites (tertiary alicyclic amines) is 1. The highest BCUT2D eigenvalue weighted by atomic mass is 35.5. The van der Waals surface area contributed by atoms with Gasteiger partial charge >= 0.3 is 0 Å². The Morgan fingerprint density at radius 3 is 2.73 bits per heavy atom. The molecule has 7 heteroatoms. The smallest absolute Gasteiger partial charge is 0.138 e. The SMILES string of the molecule is N=c1c2cc(-c3cccc(Cl)c3)[nH]c2ccn1-c1ccc2c(cnn2CCN2CCCC2)c1. The number of fused-ring (bicyclic) bond motifs is 2. The molecule has 3 aromatic heterocycles. The van der Waals surface area contributed by atoms with Crippen LogP contribution < -0.4 is 5.49 Å². The molecule has 1 fully saturated rings. The first-order valence-electron chi connectivity index (χ1n) is 11.4. The van der Waals surface area contributed by atoms with Crippen LogP contribution in [0.3, 0.4) is 0 Å². The molecule has 1 aliphatic heterocycles. The Labute approximate surface area is 196 Å². The van der Waals surface area contributed by atoms with Gasteiger partial charge in [0.2, 0.25) is 0 Å². The topological polar surface area (TPSA) is 65.6 Å². The van der Waals surface area contributed by atoms with Crippen LogP contribution in [0.5, 0.6) is 0 Å². The number of nitrogens with one attached hydrogen (secondary N) is 2. The molecular weight excluding hydrogens is 432 g/mol. The molecule has 6 rings (SSSR count). The summed E-state index contributed by atoms with van der Waals surface area (Å²) in [6.07, 6.45) is 6.49. The molecule has 2 N–H and O–H groups in total. The van der Waals surface area contributed by atoms with Gasteiger partial charge in [-0.05, 0) is 74.0 Å². The van der Waals surface area contributed by atoms with Crippen molar-refractivity contribution in [3.63, 3.8) is 0 Å². The number of rotatable bonds is 5. The minimum atomic E-state index is 0.442. The maximum atomic E-state index is 8.86. The van der Waals surface area contributed by atoms with Gasteiger partial charge in [0, 0.05) is 39.9 Å². The second kappa shape index (κ2) is 8.21. The molecule has 0 unspecified atom stereocenters. The molecule has 166 valence electrons. The summed E-state index contributed by atoms with van der Waals surface area (Å²) in [4.78, 5) is 5.93. The zero-order valence-electron chi connectivity index (χ0n) is 18.3. The molecule has 33 heavy (non-hydrogen) atoms. The Kier molecular flexibility index (Phi) is 5.04. The van der Waals surface area contributed by atoms with Gasteiger partial charge in [0.15, 0.2) is 0 Å². The van der Waals surface area contributed by atoms with Crippen molar-refractivity contribution in [2.45, 2.75) is 19.4 Å². The van der Waals surface area contributed by atoms with Crippen LogP contribution in [0.2, 0.25) is 5.02 Å². The Morgan fingerprint density at radius 1 is 1.00 bits per heavy atom. The van der Waals surface area contributed by atoms with Crippen LogP contribution >= 0.6 is 11.6 Å². The Bertz CT molecular complexity index is 1520. The predicted molar refractivity (Wildman–Crippen MR) is 133 cm³/mol. The van der Waals surface area contributed by atoms with E-state index in [1.807, 2.05) is 53.4 Å². The standard InChI is InChI=1S/C26H25ClN6/c27-20-5-3-4-18(14-20)24-16-22-23(30-24)8-11-32(26(22)28)21-6-7-25-19(15-21)17-29-33(25)13-12-31-9-1-2-10-31/h3-8,11,14-17,28,30H,1-2,9-10,12-13H2. The van der Waals surface area contributed by atoms with Gasteiger partial charge in [-0.3, -0.25) is 10.1 Å². The number of nitrogens with zero attached hydrogens (tertiary/aromatic N) is 4. The lowest BCUT2D eigenvalue weighted by Crippen LogP contribution is -2.24. The van der Waals surface area contributed by atoms with E-state index in [-0.39, 0.29) is 0 Å². The summed E-state index contributed by atoms with van der Waals surface area (Å²) in [5.74, 6) is 0. The highest BCUT2D eigenvalue weighted by Crippen LogP contribution is 2.25. The molecule has 1 saturated heterocycles. The molecule has 0 aliphatic carbocycles. The largest absolute Gasteiger partial charge is 0.354 e. The summed E-state index contributed by atoms with van der Waals surface area (Å²) in [6, 6.07) is 18.1. The fourth-order valence-corrected chi connectivity index (χ4v) is 5.01. The molecule has 0 radical (unpaired) electrons. The monoisotopic (exact) mass is 456 g/mol. The van der Waals surface area contributed by atoms with Crippen molar-refractivity contribution in [3.05, 3.63) is 77.5 Å². The van der Waals surface area contributed by atoms with Crippen LogP contribution in [-0.4, -0.2) is 43.9 Å². The lowest BCUT2D eigenvalue weighted by atomic mass is 10.1. The van der Waals surface area contributed by atoms with Crippen LogP contribution in [0.25, 0.3) is 38.8 Å². The summed E-state index contributed by atoms with van der Waals surface area (Å²) in [6.45, 7) is 4.35. The van der Waals surface area contributed by atoms with E-state index in [1.54, 1.807) is 0 Å². The third-order valence-corrected chi connectivity index (χ3v) is 6.84. The third kappa shape index (κ3) is 3.75. The number of hydrogen-bond donors (Lipinski definition) is 2. The van der Waals surface area contributed by atoms with E-state index in [2.05, 4.69) is 37.9 Å². The lowest BCUT2D eigenvalue weighted by Gasteiger charge is -2.14. The quantitative estimate of drug-likeness (QED) is 0.381. The summed E-state index contributed by atoms with van der Waals surface area (Å²) < 4.78 is 4.01. The molecule has 6 nitrogen and oxygen atoms in total. The summed E-state index contributed by atoms with van der Waals surface area (Å²) in [5.41, 5.74) is 5.43. The van der Waals surface area contributed by atoms with E-state index in [9.17, 15) is 0 Å². The predicted octanol–water partition coefficient (Wildman–Crippen LogP) is 5.20. The lowest BCUT2D eigenvalue weighted by molar-refractivity contribution is 0.318. The molecular formula is C26H25ClN6. The van der Waals surface area contributed by atoms with Crippen LogP contribution in [0, 0.1) is 5.41 Å². The maximum Gasteiger partial charge on any atom is 0.138 e. The first-order chi connectivity index (χ1) is 16.2. The van der Waals surface area contributed by atoms with Crippen molar-refractivity contribution in [3.8, 4) is 16.9 Å². The molecule has 0 atom stereocenters. The second-order valence-electron chi connectivity index (χ2n) is 8.71. The van der Waals surface area contributed by atoms with Crippen LogP contribution in [0.15, 0.2) is 67.0 Å². The van der Waals surface area contributed by atoms with Crippen LogP contribution in [0.1, 0.15) is 12.8 Å². The number of hydrogen-bond acceptors (Lipinski definition) is 3. The average molecular weight is 457 g/mol. The van der Waals surface area contributed by atoms with E-state index in [1.165, 1.54) is 25.9 Å². The van der Waals surface area contributed by atoms with Gasteiger partial charge < -0.3 is 14.5 Å². The zero-order valence-corrected chi connectivity index (χ0v) is 19.0. The first kappa shape index (κ1) is 20.3. The number of H-pyrrole nitrogens is 1. The highest BCUT2D eigenvalue weighted by molar-refractivity contribution is 6.30. The van der Waals surface area contributed by atoms with Gasteiger partial charge in [0.25, 0.3) is 0 Å². The van der Waals surface area contributed by atoms with Gasteiger partial charge in [0.1, 0.15) is 5.49 Å². The molecule has 4 heterocycles. The van der Waals surface area contributed by atoms with Gasteiger partial charge in [0.05, 0.1) is 23.8 Å². The summed E-state index contributed by atoms with van der Waals surface area (Å²) in [5, 5.41) is 16.1. The van der Waals surface area contributed by atoms with E-state index in [4.69, 9.17) is 17.0 Å². The average Bonchev–Trinajstić information content (AvgIpc) is 3.57. The minimum Gasteiger partial charge on any atom is -0.354 e. The second-order valence-corrected chi connectivity index (χ2v) is 9.15. The van der Waals surface area contributed by atoms with Crippen molar-refractivity contribution in [1.29, 1.82) is 5.41 Å². The van der Waals surface area contributed by atoms with Gasteiger partial charge in [-0.15, -0.1) is 0 Å². The van der Waals surface area contributed by atoms with Crippen LogP contribution in [0.4, 0.5) is 0 Å². The zero-order chi connectivity index (χ0) is 22.4. The van der Waals surface area contributed by atoms with Crippen molar-refractivity contribution >= 4 is 33.4 Å². The number of benzene rings is 2. The Morgan fingerprint density at radius 2 is 1.88 bits per heavy atom. The fraction of sp³-hybridized carbons (Fsp3) is 0.231. The minimum absolute atomic E-state index is 0.442. The van der Waals surface area contributed by atoms with Gasteiger partial charge in [-0.1, -0.05) is 23.7 Å².